The first kappa shape index (κ1) is 18.2. The van der Waals surface area contributed by atoms with Crippen LogP contribution in [0, 0.1) is 23.4 Å². The molecule has 2 unspecified atom stereocenters. The molecular weight excluding hydrogens is 329 g/mol. The van der Waals surface area contributed by atoms with Crippen molar-refractivity contribution in [2.75, 3.05) is 0 Å². The van der Waals surface area contributed by atoms with E-state index in [2.05, 4.69) is 38.3 Å². The zero-order valence-electron chi connectivity index (χ0n) is 15.1. The van der Waals surface area contributed by atoms with E-state index in [1.165, 1.54) is 0 Å². The van der Waals surface area contributed by atoms with Gasteiger partial charge in [0.2, 0.25) is 5.91 Å². The van der Waals surface area contributed by atoms with Crippen molar-refractivity contribution in [3.8, 4) is 0 Å². The van der Waals surface area contributed by atoms with Gasteiger partial charge in [-0.2, -0.15) is 0 Å². The maximum Gasteiger partial charge on any atom is 0.223 e. The zero-order chi connectivity index (χ0) is 18.6. The van der Waals surface area contributed by atoms with E-state index >= 15 is 0 Å². The van der Waals surface area contributed by atoms with Gasteiger partial charge in [0, 0.05) is 23.0 Å². The van der Waals surface area contributed by atoms with Gasteiger partial charge >= 0.3 is 0 Å². The summed E-state index contributed by atoms with van der Waals surface area (Å²) in [5.41, 5.74) is 0.195. The number of carbonyl (C=O) groups is 1. The molecule has 2 fully saturated rings. The summed E-state index contributed by atoms with van der Waals surface area (Å²) in [6, 6.07) is 2.04. The molecule has 0 aromatic heterocycles. The lowest BCUT2D eigenvalue weighted by Crippen LogP contribution is -2.62. The van der Waals surface area contributed by atoms with Crippen molar-refractivity contribution in [3.05, 3.63) is 35.1 Å². The number of carbonyl (C=O) groups excluding carboxylic acids is 1. The first-order valence-electron chi connectivity index (χ1n) is 8.72. The van der Waals surface area contributed by atoms with E-state index < -0.39 is 17.5 Å². The minimum Gasteiger partial charge on any atom is -0.353 e. The van der Waals surface area contributed by atoms with E-state index in [4.69, 9.17) is 0 Å². The van der Waals surface area contributed by atoms with Crippen molar-refractivity contribution < 1.29 is 18.0 Å². The molecule has 1 aromatic carbocycles. The molecule has 0 spiro atoms. The Morgan fingerprint density at radius 3 is 2.12 bits per heavy atom. The van der Waals surface area contributed by atoms with Crippen LogP contribution in [0.3, 0.4) is 0 Å². The van der Waals surface area contributed by atoms with Crippen molar-refractivity contribution in [2.24, 2.45) is 5.92 Å². The lowest BCUT2D eigenvalue weighted by atomic mass is 9.79. The fraction of sp³-hybridized carbons (Fsp3) is 0.632. The fourth-order valence-corrected chi connectivity index (χ4v) is 4.37. The van der Waals surface area contributed by atoms with Gasteiger partial charge in [-0.3, -0.25) is 4.79 Å². The highest BCUT2D eigenvalue weighted by Crippen LogP contribution is 2.48. The molecule has 3 rings (SSSR count). The normalized spacial score (nSPS) is 27.8. The molecule has 1 aliphatic carbocycles. The van der Waals surface area contributed by atoms with E-state index in [0.29, 0.717) is 12.0 Å². The molecule has 0 bridgehead atoms. The fourth-order valence-electron chi connectivity index (χ4n) is 4.37. The quantitative estimate of drug-likeness (QED) is 0.814. The van der Waals surface area contributed by atoms with Crippen LogP contribution in [0.4, 0.5) is 13.2 Å². The van der Waals surface area contributed by atoms with Crippen LogP contribution in [-0.4, -0.2) is 23.0 Å². The third-order valence-electron chi connectivity index (χ3n) is 5.10. The lowest BCUT2D eigenvalue weighted by Gasteiger charge is -2.46. The maximum atomic E-state index is 13.4. The number of hydrogen-bond donors (Lipinski definition) is 2. The Bertz CT molecular complexity index is 663. The van der Waals surface area contributed by atoms with Gasteiger partial charge in [0.15, 0.2) is 17.5 Å². The van der Waals surface area contributed by atoms with E-state index in [0.717, 1.165) is 25.0 Å². The molecule has 2 atom stereocenters. The van der Waals surface area contributed by atoms with Crippen molar-refractivity contribution in [1.29, 1.82) is 0 Å². The number of amides is 1. The van der Waals surface area contributed by atoms with Crippen molar-refractivity contribution >= 4 is 5.91 Å². The summed E-state index contributed by atoms with van der Waals surface area (Å²) in [6.07, 6.45) is 2.17. The first-order valence-corrected chi connectivity index (χ1v) is 8.72. The Morgan fingerprint density at radius 1 is 1.08 bits per heavy atom. The van der Waals surface area contributed by atoms with Crippen LogP contribution in [-0.2, 0) is 4.79 Å². The molecule has 1 saturated heterocycles. The van der Waals surface area contributed by atoms with E-state index in [-0.39, 0.29) is 34.9 Å². The van der Waals surface area contributed by atoms with Crippen LogP contribution in [0.15, 0.2) is 12.1 Å². The van der Waals surface area contributed by atoms with Gasteiger partial charge in [-0.15, -0.1) is 0 Å². The topological polar surface area (TPSA) is 41.1 Å². The summed E-state index contributed by atoms with van der Waals surface area (Å²) in [6.45, 7) is 8.43. The smallest absolute Gasteiger partial charge is 0.223 e. The summed E-state index contributed by atoms with van der Waals surface area (Å²) in [5, 5.41) is 6.65. The largest absolute Gasteiger partial charge is 0.353 e. The number of piperidine rings is 1. The number of rotatable bonds is 3. The summed E-state index contributed by atoms with van der Waals surface area (Å²) in [7, 11) is 0. The summed E-state index contributed by atoms with van der Waals surface area (Å²) >= 11 is 0. The van der Waals surface area contributed by atoms with Gasteiger partial charge in [0.25, 0.3) is 0 Å². The second-order valence-electron chi connectivity index (χ2n) is 8.75. The third kappa shape index (κ3) is 4.00. The van der Waals surface area contributed by atoms with Gasteiger partial charge in [-0.05, 0) is 70.6 Å². The molecule has 1 aromatic rings. The molecule has 6 heteroatoms. The minimum atomic E-state index is -1.47. The molecular formula is C19H25F3N2O. The van der Waals surface area contributed by atoms with E-state index in [1.807, 2.05) is 0 Å². The molecule has 1 heterocycles. The predicted molar refractivity (Wildman–Crippen MR) is 89.6 cm³/mol. The Balaban J connectivity index is 1.64. The highest BCUT2D eigenvalue weighted by atomic mass is 19.2. The monoisotopic (exact) mass is 354 g/mol. The van der Waals surface area contributed by atoms with Crippen LogP contribution >= 0.6 is 0 Å². The lowest BCUT2D eigenvalue weighted by molar-refractivity contribution is -0.123. The Kier molecular flexibility index (Phi) is 4.38. The average Bonchev–Trinajstić information content (AvgIpc) is 3.21. The molecule has 3 nitrogen and oxygen atoms in total. The van der Waals surface area contributed by atoms with Crippen LogP contribution in [0.2, 0.25) is 0 Å². The first-order chi connectivity index (χ1) is 11.5. The molecule has 2 aliphatic rings. The number of hydrogen-bond acceptors (Lipinski definition) is 2. The van der Waals surface area contributed by atoms with Crippen LogP contribution in [0.5, 0.6) is 0 Å². The molecule has 1 aliphatic heterocycles. The number of nitrogens with one attached hydrogen (secondary N) is 2. The third-order valence-corrected chi connectivity index (χ3v) is 5.10. The molecule has 25 heavy (non-hydrogen) atoms. The Labute approximate surface area is 146 Å². The van der Waals surface area contributed by atoms with E-state index in [1.54, 1.807) is 0 Å². The number of halogens is 3. The van der Waals surface area contributed by atoms with Crippen molar-refractivity contribution in [1.82, 2.24) is 10.6 Å². The molecule has 138 valence electrons. The van der Waals surface area contributed by atoms with Crippen molar-refractivity contribution in [3.63, 3.8) is 0 Å². The predicted octanol–water partition coefficient (Wildman–Crippen LogP) is 3.63. The van der Waals surface area contributed by atoms with Crippen LogP contribution < -0.4 is 10.6 Å². The van der Waals surface area contributed by atoms with Crippen LogP contribution in [0.1, 0.15) is 58.4 Å². The van der Waals surface area contributed by atoms with Gasteiger partial charge in [-0.25, -0.2) is 13.2 Å². The average molecular weight is 354 g/mol. The van der Waals surface area contributed by atoms with Crippen LogP contribution in [0.25, 0.3) is 0 Å². The van der Waals surface area contributed by atoms with Gasteiger partial charge in [-0.1, -0.05) is 0 Å². The SMILES string of the molecule is CC1(C)CC(NC(=O)C2CC2c2cc(F)c(F)c(F)c2)CC(C)(C)N1. The second kappa shape index (κ2) is 6.01. The number of benzene rings is 1. The summed E-state index contributed by atoms with van der Waals surface area (Å²) < 4.78 is 39.8. The molecule has 1 amide bonds. The summed E-state index contributed by atoms with van der Waals surface area (Å²) in [5.74, 6) is -4.51. The highest BCUT2D eigenvalue weighted by Gasteiger charge is 2.46. The van der Waals surface area contributed by atoms with Gasteiger partial charge < -0.3 is 10.6 Å². The zero-order valence-corrected chi connectivity index (χ0v) is 15.1. The minimum absolute atomic E-state index is 0.0571. The molecule has 0 radical (unpaired) electrons. The second-order valence-corrected chi connectivity index (χ2v) is 8.75. The standard InChI is InChI=1S/C19H25F3N2O/c1-18(2)8-11(9-19(3,4)24-18)23-17(25)13-7-12(13)10-5-14(20)16(22)15(21)6-10/h5-6,11-13,24H,7-9H2,1-4H3,(H,23,25). The summed E-state index contributed by atoms with van der Waals surface area (Å²) in [4.78, 5) is 12.5. The maximum absolute atomic E-state index is 13.4. The Morgan fingerprint density at radius 2 is 1.60 bits per heavy atom. The molecule has 2 N–H and O–H groups in total. The van der Waals surface area contributed by atoms with E-state index in [9.17, 15) is 18.0 Å². The van der Waals surface area contributed by atoms with Gasteiger partial charge in [0.05, 0.1) is 0 Å². The van der Waals surface area contributed by atoms with Crippen molar-refractivity contribution in [2.45, 2.75) is 70.0 Å². The molecule has 1 saturated carbocycles. The van der Waals surface area contributed by atoms with Gasteiger partial charge in [0.1, 0.15) is 0 Å². The highest BCUT2D eigenvalue weighted by molar-refractivity contribution is 5.83. The Hall–Kier alpha value is -1.56.